The van der Waals surface area contributed by atoms with Crippen molar-refractivity contribution in [3.05, 3.63) is 22.6 Å². The lowest BCUT2D eigenvalue weighted by atomic mass is 10.3. The third-order valence-corrected chi connectivity index (χ3v) is 2.49. The third kappa shape index (κ3) is 3.85. The van der Waals surface area contributed by atoms with Crippen molar-refractivity contribution in [1.82, 2.24) is 5.32 Å². The predicted octanol–water partition coefficient (Wildman–Crippen LogP) is 2.03. The number of hydrogen-bond acceptors (Lipinski definition) is 3. The first kappa shape index (κ1) is 12.5. The lowest BCUT2D eigenvalue weighted by Gasteiger charge is -2.13. The molecule has 0 aliphatic rings. The Bertz CT molecular complexity index is 329. The molecule has 1 aromatic heterocycles. The topological polar surface area (TPSA) is 51.5 Å². The number of methoxy groups -OCH3 is 1. The second kappa shape index (κ2) is 6.15. The van der Waals surface area contributed by atoms with Gasteiger partial charge in [-0.25, -0.2) is 0 Å². The average molecular weight is 297 g/mol. The largest absolute Gasteiger partial charge is 0.444 e. The fourth-order valence-electron chi connectivity index (χ4n) is 1.02. The number of amides is 1. The second-order valence-electron chi connectivity index (χ2n) is 2.88. The standard InChI is InChI=1S/C9H11BrClNO3/c1-14-5-6(4-11)12-9(13)7-2-3-8(10)15-7/h2-3,6H,4-5H2,1H3,(H,12,13). The van der Waals surface area contributed by atoms with E-state index in [4.69, 9.17) is 20.8 Å². The summed E-state index contributed by atoms with van der Waals surface area (Å²) in [6.45, 7) is 0.372. The molecule has 0 radical (unpaired) electrons. The highest BCUT2D eigenvalue weighted by atomic mass is 79.9. The van der Waals surface area contributed by atoms with Gasteiger partial charge < -0.3 is 14.5 Å². The molecule has 1 heterocycles. The molecule has 1 aromatic rings. The molecule has 0 aliphatic carbocycles. The molecule has 4 nitrogen and oxygen atoms in total. The first-order valence-corrected chi connectivity index (χ1v) is 5.61. The van der Waals surface area contributed by atoms with Gasteiger partial charge in [0.2, 0.25) is 0 Å². The van der Waals surface area contributed by atoms with Crippen LogP contribution in [0, 0.1) is 0 Å². The van der Waals surface area contributed by atoms with Crippen LogP contribution in [0.4, 0.5) is 0 Å². The summed E-state index contributed by atoms with van der Waals surface area (Å²) in [5.41, 5.74) is 0. The molecule has 1 rings (SSSR count). The van der Waals surface area contributed by atoms with E-state index >= 15 is 0 Å². The van der Waals surface area contributed by atoms with Gasteiger partial charge in [0.1, 0.15) is 0 Å². The van der Waals surface area contributed by atoms with Crippen LogP contribution in [0.15, 0.2) is 21.2 Å². The molecule has 1 N–H and O–H groups in total. The van der Waals surface area contributed by atoms with Gasteiger partial charge in [-0.1, -0.05) is 0 Å². The van der Waals surface area contributed by atoms with Gasteiger partial charge in [0.05, 0.1) is 12.6 Å². The number of carbonyl (C=O) groups excluding carboxylic acids is 1. The maximum atomic E-state index is 11.6. The van der Waals surface area contributed by atoms with Crippen molar-refractivity contribution in [1.29, 1.82) is 0 Å². The summed E-state index contributed by atoms with van der Waals surface area (Å²) in [7, 11) is 1.55. The van der Waals surface area contributed by atoms with E-state index in [0.29, 0.717) is 17.2 Å². The van der Waals surface area contributed by atoms with Gasteiger partial charge >= 0.3 is 0 Å². The molecule has 0 aromatic carbocycles. The minimum atomic E-state index is -0.302. The molecule has 15 heavy (non-hydrogen) atoms. The molecule has 1 atom stereocenters. The van der Waals surface area contributed by atoms with Crippen LogP contribution in [-0.2, 0) is 4.74 Å². The summed E-state index contributed by atoms with van der Waals surface area (Å²) in [5.74, 6) is 0.234. The molecule has 1 amide bonds. The van der Waals surface area contributed by atoms with E-state index in [1.807, 2.05) is 0 Å². The number of hydrogen-bond donors (Lipinski definition) is 1. The van der Waals surface area contributed by atoms with Gasteiger partial charge in [-0.2, -0.15) is 0 Å². The molecule has 1 unspecified atom stereocenters. The second-order valence-corrected chi connectivity index (χ2v) is 3.97. The van der Waals surface area contributed by atoms with Crippen LogP contribution < -0.4 is 5.32 Å². The van der Waals surface area contributed by atoms with Crippen molar-refractivity contribution in [3.63, 3.8) is 0 Å². The third-order valence-electron chi connectivity index (χ3n) is 1.69. The molecule has 0 aliphatic heterocycles. The Morgan fingerprint density at radius 1 is 1.73 bits per heavy atom. The van der Waals surface area contributed by atoms with Crippen molar-refractivity contribution in [2.75, 3.05) is 19.6 Å². The normalized spacial score (nSPS) is 12.5. The summed E-state index contributed by atoms with van der Waals surface area (Å²) >= 11 is 8.77. The summed E-state index contributed by atoms with van der Waals surface area (Å²) in [6, 6.07) is 3.02. The van der Waals surface area contributed by atoms with E-state index in [0.717, 1.165) is 0 Å². The number of alkyl halides is 1. The number of furan rings is 1. The fraction of sp³-hybridized carbons (Fsp3) is 0.444. The number of ether oxygens (including phenoxy) is 1. The number of carbonyl (C=O) groups is 1. The Hall–Kier alpha value is -0.520. The van der Waals surface area contributed by atoms with Gasteiger partial charge in [-0.15, -0.1) is 11.6 Å². The Balaban J connectivity index is 2.54. The Labute approximate surface area is 101 Å². The summed E-state index contributed by atoms with van der Waals surface area (Å²) in [5, 5.41) is 2.69. The highest BCUT2D eigenvalue weighted by Crippen LogP contribution is 2.13. The van der Waals surface area contributed by atoms with Gasteiger partial charge in [0.15, 0.2) is 10.4 Å². The van der Waals surface area contributed by atoms with Crippen LogP contribution in [0.2, 0.25) is 0 Å². The number of halogens is 2. The zero-order chi connectivity index (χ0) is 11.3. The SMILES string of the molecule is COCC(CCl)NC(=O)c1ccc(Br)o1. The van der Waals surface area contributed by atoms with Crippen molar-refractivity contribution in [2.45, 2.75) is 6.04 Å². The van der Waals surface area contributed by atoms with E-state index < -0.39 is 0 Å². The van der Waals surface area contributed by atoms with Crippen LogP contribution in [0.25, 0.3) is 0 Å². The zero-order valence-electron chi connectivity index (χ0n) is 8.13. The Kier molecular flexibility index (Phi) is 5.14. The molecule has 84 valence electrons. The lowest BCUT2D eigenvalue weighted by Crippen LogP contribution is -2.39. The monoisotopic (exact) mass is 295 g/mol. The van der Waals surface area contributed by atoms with Crippen molar-refractivity contribution in [2.24, 2.45) is 0 Å². The minimum absolute atomic E-state index is 0.215. The van der Waals surface area contributed by atoms with Crippen LogP contribution in [-0.4, -0.2) is 31.5 Å². The molecule has 6 heteroatoms. The van der Waals surface area contributed by atoms with E-state index in [1.54, 1.807) is 19.2 Å². The molecule has 0 saturated heterocycles. The van der Waals surface area contributed by atoms with Gasteiger partial charge in [-0.3, -0.25) is 4.79 Å². The van der Waals surface area contributed by atoms with E-state index in [1.165, 1.54) is 0 Å². The molecular formula is C9H11BrClNO3. The molecule has 0 fully saturated rings. The van der Waals surface area contributed by atoms with Crippen molar-refractivity contribution in [3.8, 4) is 0 Å². The first-order valence-electron chi connectivity index (χ1n) is 4.28. The van der Waals surface area contributed by atoms with Crippen LogP contribution in [0.5, 0.6) is 0 Å². The van der Waals surface area contributed by atoms with Gasteiger partial charge in [0, 0.05) is 13.0 Å². The molecule has 0 saturated carbocycles. The highest BCUT2D eigenvalue weighted by molar-refractivity contribution is 9.10. The minimum Gasteiger partial charge on any atom is -0.444 e. The quantitative estimate of drug-likeness (QED) is 0.846. The molecule has 0 bridgehead atoms. The number of nitrogens with one attached hydrogen (secondary N) is 1. The van der Waals surface area contributed by atoms with Gasteiger partial charge in [-0.05, 0) is 28.1 Å². The lowest BCUT2D eigenvalue weighted by molar-refractivity contribution is 0.0878. The van der Waals surface area contributed by atoms with Gasteiger partial charge in [0.25, 0.3) is 5.91 Å². The summed E-state index contributed by atoms with van der Waals surface area (Å²) in [4.78, 5) is 11.6. The summed E-state index contributed by atoms with van der Waals surface area (Å²) in [6.07, 6.45) is 0. The maximum Gasteiger partial charge on any atom is 0.287 e. The van der Waals surface area contributed by atoms with E-state index in [9.17, 15) is 4.79 Å². The Morgan fingerprint density at radius 3 is 2.93 bits per heavy atom. The van der Waals surface area contributed by atoms with Crippen LogP contribution >= 0.6 is 27.5 Å². The predicted molar refractivity (Wildman–Crippen MR) is 60.3 cm³/mol. The highest BCUT2D eigenvalue weighted by Gasteiger charge is 2.15. The van der Waals surface area contributed by atoms with E-state index in [2.05, 4.69) is 21.2 Å². The average Bonchev–Trinajstić information content (AvgIpc) is 2.64. The van der Waals surface area contributed by atoms with Crippen molar-refractivity contribution >= 4 is 33.4 Å². The Morgan fingerprint density at radius 2 is 2.47 bits per heavy atom. The van der Waals surface area contributed by atoms with Crippen LogP contribution in [0.1, 0.15) is 10.6 Å². The summed E-state index contributed by atoms with van der Waals surface area (Å²) < 4.78 is 10.5. The zero-order valence-corrected chi connectivity index (χ0v) is 10.5. The molecule has 0 spiro atoms. The first-order chi connectivity index (χ1) is 7.17. The van der Waals surface area contributed by atoms with Crippen LogP contribution in [0.3, 0.4) is 0 Å². The van der Waals surface area contributed by atoms with Crippen molar-refractivity contribution < 1.29 is 13.9 Å². The maximum absolute atomic E-state index is 11.6. The smallest absolute Gasteiger partial charge is 0.287 e. The molecular weight excluding hydrogens is 285 g/mol. The van der Waals surface area contributed by atoms with E-state index in [-0.39, 0.29) is 17.7 Å². The number of rotatable bonds is 5. The fourth-order valence-corrected chi connectivity index (χ4v) is 1.49.